The molecule has 1 aromatic rings. The predicted molar refractivity (Wildman–Crippen MR) is 87.4 cm³/mol. The van der Waals surface area contributed by atoms with E-state index in [9.17, 15) is 4.79 Å². The van der Waals surface area contributed by atoms with Crippen molar-refractivity contribution in [2.75, 3.05) is 20.2 Å². The van der Waals surface area contributed by atoms with Crippen LogP contribution in [0.1, 0.15) is 31.7 Å². The van der Waals surface area contributed by atoms with Crippen LogP contribution in [0.2, 0.25) is 0 Å². The van der Waals surface area contributed by atoms with Crippen LogP contribution in [0.25, 0.3) is 0 Å². The van der Waals surface area contributed by atoms with Gasteiger partial charge in [-0.2, -0.15) is 0 Å². The second-order valence-corrected chi connectivity index (χ2v) is 6.28. The van der Waals surface area contributed by atoms with Gasteiger partial charge in [0.15, 0.2) is 6.61 Å². The first kappa shape index (κ1) is 16.3. The lowest BCUT2D eigenvalue weighted by molar-refractivity contribution is -0.132. The van der Waals surface area contributed by atoms with Gasteiger partial charge in [-0.15, -0.1) is 0 Å². The van der Waals surface area contributed by atoms with E-state index in [-0.39, 0.29) is 12.5 Å². The number of amides is 1. The molecule has 4 nitrogen and oxygen atoms in total. The summed E-state index contributed by atoms with van der Waals surface area (Å²) in [4.78, 5) is 13.8. The molecule has 0 bridgehead atoms. The lowest BCUT2D eigenvalue weighted by Crippen LogP contribution is -2.33. The number of rotatable bonds is 8. The van der Waals surface area contributed by atoms with Crippen LogP contribution in [0, 0.1) is 0 Å². The zero-order valence-corrected chi connectivity index (χ0v) is 14.3. The van der Waals surface area contributed by atoms with Gasteiger partial charge in [-0.1, -0.05) is 19.1 Å². The van der Waals surface area contributed by atoms with E-state index in [1.54, 1.807) is 4.90 Å². The summed E-state index contributed by atoms with van der Waals surface area (Å²) in [5.41, 5.74) is 1.07. The minimum atomic E-state index is 0.0423. The van der Waals surface area contributed by atoms with Crippen molar-refractivity contribution in [3.8, 4) is 5.75 Å². The van der Waals surface area contributed by atoms with Crippen molar-refractivity contribution in [2.24, 2.45) is 0 Å². The van der Waals surface area contributed by atoms with Crippen molar-refractivity contribution in [1.29, 1.82) is 0 Å². The maximum Gasteiger partial charge on any atom is 0.260 e. The highest BCUT2D eigenvalue weighted by Gasteiger charge is 2.29. The van der Waals surface area contributed by atoms with Gasteiger partial charge >= 0.3 is 0 Å². The van der Waals surface area contributed by atoms with E-state index in [1.807, 2.05) is 25.2 Å². The summed E-state index contributed by atoms with van der Waals surface area (Å²) in [6.07, 6.45) is 3.32. The number of benzene rings is 1. The van der Waals surface area contributed by atoms with E-state index >= 15 is 0 Å². The molecule has 0 saturated heterocycles. The molecule has 0 radical (unpaired) electrons. The van der Waals surface area contributed by atoms with Crippen LogP contribution >= 0.6 is 15.9 Å². The molecule has 1 fully saturated rings. The van der Waals surface area contributed by atoms with Crippen LogP contribution < -0.4 is 10.1 Å². The Hall–Kier alpha value is -1.07. The van der Waals surface area contributed by atoms with Gasteiger partial charge in [0.1, 0.15) is 5.75 Å². The van der Waals surface area contributed by atoms with Crippen molar-refractivity contribution in [3.05, 3.63) is 28.2 Å². The summed E-state index contributed by atoms with van der Waals surface area (Å²) in [5.74, 6) is 0.805. The van der Waals surface area contributed by atoms with Crippen molar-refractivity contribution in [1.82, 2.24) is 10.2 Å². The van der Waals surface area contributed by atoms with Crippen LogP contribution in [0.4, 0.5) is 0 Å². The fourth-order valence-electron chi connectivity index (χ4n) is 2.16. The Morgan fingerprint density at radius 1 is 1.48 bits per heavy atom. The number of halogens is 1. The first-order chi connectivity index (χ1) is 10.1. The molecule has 0 aromatic heterocycles. The summed E-state index contributed by atoms with van der Waals surface area (Å²) < 4.78 is 6.67. The lowest BCUT2D eigenvalue weighted by Gasteiger charge is -2.18. The predicted octanol–water partition coefficient (Wildman–Crippen LogP) is 2.95. The standard InChI is InChI=1S/C16H23BrN2O2/c1-3-9-18-10-12-5-4-6-14(17)16(12)21-11-15(20)19(2)13-7-8-13/h4-6,13,18H,3,7-11H2,1-2H3. The minimum absolute atomic E-state index is 0.0423. The molecule has 5 heteroatoms. The van der Waals surface area contributed by atoms with Crippen molar-refractivity contribution in [3.63, 3.8) is 0 Å². The van der Waals surface area contributed by atoms with Crippen LogP contribution in [-0.4, -0.2) is 37.0 Å². The second kappa shape index (κ2) is 7.80. The van der Waals surface area contributed by atoms with Crippen molar-refractivity contribution >= 4 is 21.8 Å². The molecule has 0 atom stereocenters. The topological polar surface area (TPSA) is 41.6 Å². The van der Waals surface area contributed by atoms with E-state index in [1.165, 1.54) is 0 Å². The Morgan fingerprint density at radius 2 is 2.24 bits per heavy atom. The van der Waals surface area contributed by atoms with Gasteiger partial charge in [0.2, 0.25) is 0 Å². The minimum Gasteiger partial charge on any atom is -0.482 e. The SMILES string of the molecule is CCCNCc1cccc(Br)c1OCC(=O)N(C)C1CC1. The molecular formula is C16H23BrN2O2. The molecule has 1 amide bonds. The Kier molecular flexibility index (Phi) is 6.06. The third-order valence-corrected chi connectivity index (χ3v) is 4.24. The van der Waals surface area contributed by atoms with E-state index in [0.29, 0.717) is 6.04 Å². The average Bonchev–Trinajstić information content (AvgIpc) is 3.30. The third-order valence-electron chi connectivity index (χ3n) is 3.62. The molecule has 0 heterocycles. The fourth-order valence-corrected chi connectivity index (χ4v) is 2.68. The van der Waals surface area contributed by atoms with Gasteiger partial charge < -0.3 is 15.0 Å². The molecule has 1 N–H and O–H groups in total. The quantitative estimate of drug-likeness (QED) is 0.729. The number of hydrogen-bond acceptors (Lipinski definition) is 3. The number of nitrogens with one attached hydrogen (secondary N) is 1. The summed E-state index contributed by atoms with van der Waals surface area (Å²) >= 11 is 3.51. The maximum atomic E-state index is 12.1. The Bertz CT molecular complexity index is 489. The maximum absolute atomic E-state index is 12.1. The summed E-state index contributed by atoms with van der Waals surface area (Å²) in [7, 11) is 1.85. The highest BCUT2D eigenvalue weighted by atomic mass is 79.9. The van der Waals surface area contributed by atoms with Crippen LogP contribution in [0.5, 0.6) is 5.75 Å². The number of para-hydroxylation sites is 1. The number of ether oxygens (including phenoxy) is 1. The zero-order valence-electron chi connectivity index (χ0n) is 12.7. The van der Waals surface area contributed by atoms with Crippen molar-refractivity contribution < 1.29 is 9.53 Å². The van der Waals surface area contributed by atoms with Gasteiger partial charge in [0, 0.05) is 25.2 Å². The third kappa shape index (κ3) is 4.71. The largest absolute Gasteiger partial charge is 0.482 e. The van der Waals surface area contributed by atoms with E-state index in [0.717, 1.165) is 48.1 Å². The van der Waals surface area contributed by atoms with Crippen molar-refractivity contribution in [2.45, 2.75) is 38.8 Å². The molecule has 2 rings (SSSR count). The Morgan fingerprint density at radius 3 is 2.90 bits per heavy atom. The van der Waals surface area contributed by atoms with E-state index < -0.39 is 0 Å². The van der Waals surface area contributed by atoms with Gasteiger partial charge in [-0.05, 0) is 47.8 Å². The van der Waals surface area contributed by atoms with Crippen LogP contribution in [0.3, 0.4) is 0 Å². The number of carbonyl (C=O) groups excluding carboxylic acids is 1. The molecule has 0 unspecified atom stereocenters. The van der Waals surface area contributed by atoms with Gasteiger partial charge in [-0.3, -0.25) is 4.79 Å². The number of likely N-dealkylation sites (N-methyl/N-ethyl adjacent to an activating group) is 1. The van der Waals surface area contributed by atoms with Crippen LogP contribution in [-0.2, 0) is 11.3 Å². The summed E-state index contributed by atoms with van der Waals surface area (Å²) in [6, 6.07) is 6.37. The highest BCUT2D eigenvalue weighted by Crippen LogP contribution is 2.30. The number of carbonyl (C=O) groups is 1. The summed E-state index contributed by atoms with van der Waals surface area (Å²) in [6.45, 7) is 3.94. The molecule has 21 heavy (non-hydrogen) atoms. The normalized spacial score (nSPS) is 14.0. The molecule has 1 aromatic carbocycles. The van der Waals surface area contributed by atoms with E-state index in [2.05, 4.69) is 28.2 Å². The molecular weight excluding hydrogens is 332 g/mol. The molecule has 0 aliphatic heterocycles. The lowest BCUT2D eigenvalue weighted by atomic mass is 10.2. The smallest absolute Gasteiger partial charge is 0.260 e. The van der Waals surface area contributed by atoms with Gasteiger partial charge in [0.25, 0.3) is 5.91 Å². The first-order valence-electron chi connectivity index (χ1n) is 7.50. The zero-order chi connectivity index (χ0) is 15.2. The molecule has 1 aliphatic rings. The molecule has 116 valence electrons. The highest BCUT2D eigenvalue weighted by molar-refractivity contribution is 9.10. The second-order valence-electron chi connectivity index (χ2n) is 5.43. The molecule has 1 aliphatic carbocycles. The average molecular weight is 355 g/mol. The number of nitrogens with zero attached hydrogens (tertiary/aromatic N) is 1. The van der Waals surface area contributed by atoms with Crippen LogP contribution in [0.15, 0.2) is 22.7 Å². The summed E-state index contributed by atoms with van der Waals surface area (Å²) in [5, 5.41) is 3.36. The first-order valence-corrected chi connectivity index (χ1v) is 8.29. The molecule has 0 spiro atoms. The fraction of sp³-hybridized carbons (Fsp3) is 0.562. The number of hydrogen-bond donors (Lipinski definition) is 1. The van der Waals surface area contributed by atoms with Gasteiger partial charge in [0.05, 0.1) is 4.47 Å². The molecule has 1 saturated carbocycles. The van der Waals surface area contributed by atoms with Gasteiger partial charge in [-0.25, -0.2) is 0 Å². The van der Waals surface area contributed by atoms with E-state index in [4.69, 9.17) is 4.74 Å². The Balaban J connectivity index is 1.95. The monoisotopic (exact) mass is 354 g/mol. The Labute approximate surface area is 135 Å².